The summed E-state index contributed by atoms with van der Waals surface area (Å²) in [5.74, 6) is 1.03. The van der Waals surface area contributed by atoms with Crippen molar-refractivity contribution in [3.63, 3.8) is 0 Å². The summed E-state index contributed by atoms with van der Waals surface area (Å²) < 4.78 is 11.4. The lowest BCUT2D eigenvalue weighted by Gasteiger charge is -2.15. The summed E-state index contributed by atoms with van der Waals surface area (Å²) >= 11 is 0. The third kappa shape index (κ3) is 8.13. The van der Waals surface area contributed by atoms with E-state index in [1.807, 2.05) is 91.9 Å². The number of benzene rings is 4. The van der Waals surface area contributed by atoms with Crippen molar-refractivity contribution in [3.05, 3.63) is 120 Å². The van der Waals surface area contributed by atoms with Gasteiger partial charge in [0, 0.05) is 23.0 Å². The highest BCUT2D eigenvalue weighted by atomic mass is 16.5. The van der Waals surface area contributed by atoms with E-state index >= 15 is 0 Å². The summed E-state index contributed by atoms with van der Waals surface area (Å²) in [4.78, 5) is 25.3. The average Bonchev–Trinajstić information content (AvgIpc) is 2.95. The Kier molecular flexibility index (Phi) is 9.34. The minimum Gasteiger partial charge on any atom is -0.490 e. The fourth-order valence-corrected chi connectivity index (χ4v) is 3.76. The molecule has 0 saturated carbocycles. The minimum absolute atomic E-state index is 0.0576. The molecule has 194 valence electrons. The van der Waals surface area contributed by atoms with E-state index in [9.17, 15) is 9.59 Å². The van der Waals surface area contributed by atoms with Crippen LogP contribution in [0.2, 0.25) is 0 Å². The molecule has 4 aromatic rings. The zero-order valence-corrected chi connectivity index (χ0v) is 21.2. The molecule has 0 aliphatic carbocycles. The van der Waals surface area contributed by atoms with Crippen LogP contribution in [0.1, 0.15) is 28.9 Å². The average molecular weight is 510 g/mol. The van der Waals surface area contributed by atoms with Gasteiger partial charge < -0.3 is 25.4 Å². The van der Waals surface area contributed by atoms with Crippen molar-refractivity contribution in [1.29, 1.82) is 0 Å². The third-order valence-electron chi connectivity index (χ3n) is 5.71. The van der Waals surface area contributed by atoms with Gasteiger partial charge >= 0.3 is 0 Å². The van der Waals surface area contributed by atoms with Gasteiger partial charge in [-0.25, -0.2) is 0 Å². The molecule has 38 heavy (non-hydrogen) atoms. The van der Waals surface area contributed by atoms with Crippen molar-refractivity contribution < 1.29 is 19.1 Å². The van der Waals surface area contributed by atoms with Crippen molar-refractivity contribution in [3.8, 4) is 11.5 Å². The fourth-order valence-electron chi connectivity index (χ4n) is 3.76. The van der Waals surface area contributed by atoms with E-state index in [0.29, 0.717) is 30.2 Å². The molecule has 4 rings (SSSR count). The van der Waals surface area contributed by atoms with Crippen LogP contribution >= 0.6 is 0 Å². The minimum atomic E-state index is -0.234. The second-order valence-electron chi connectivity index (χ2n) is 8.63. The maximum atomic E-state index is 12.7. The smallest absolute Gasteiger partial charge is 0.251 e. The number of rotatable bonds is 12. The fraction of sp³-hybridized carbons (Fsp3) is 0.161. The Bertz CT molecular complexity index is 1330. The Morgan fingerprint density at radius 1 is 0.711 bits per heavy atom. The van der Waals surface area contributed by atoms with E-state index < -0.39 is 0 Å². The predicted octanol–water partition coefficient (Wildman–Crippen LogP) is 5.69. The summed E-state index contributed by atoms with van der Waals surface area (Å²) in [7, 11) is 0. The highest BCUT2D eigenvalue weighted by molar-refractivity contribution is 5.98. The molecule has 0 bridgehead atoms. The molecule has 0 aromatic heterocycles. The SMILES string of the molecule is CC(NC(=O)c1cccc(NC(=O)CNc2cccc(OCCOc3ccccc3)c2)c1)c1ccccc1. The van der Waals surface area contributed by atoms with Crippen LogP contribution in [0, 0.1) is 0 Å². The van der Waals surface area contributed by atoms with E-state index in [1.54, 1.807) is 24.3 Å². The molecule has 0 spiro atoms. The Hall–Kier alpha value is -4.78. The quantitative estimate of drug-likeness (QED) is 0.214. The lowest BCUT2D eigenvalue weighted by Crippen LogP contribution is -2.27. The molecule has 1 unspecified atom stereocenters. The number of hydrogen-bond donors (Lipinski definition) is 3. The zero-order chi connectivity index (χ0) is 26.6. The molecule has 0 fully saturated rings. The first-order valence-corrected chi connectivity index (χ1v) is 12.5. The molecule has 0 saturated heterocycles. The first kappa shape index (κ1) is 26.3. The normalized spacial score (nSPS) is 11.2. The first-order valence-electron chi connectivity index (χ1n) is 12.5. The van der Waals surface area contributed by atoms with Crippen LogP contribution in [0.15, 0.2) is 109 Å². The van der Waals surface area contributed by atoms with Crippen LogP contribution in [-0.4, -0.2) is 31.6 Å². The van der Waals surface area contributed by atoms with Gasteiger partial charge in [0.05, 0.1) is 12.6 Å². The molecule has 0 aliphatic heterocycles. The maximum Gasteiger partial charge on any atom is 0.251 e. The molecule has 4 aromatic carbocycles. The van der Waals surface area contributed by atoms with Crippen molar-refractivity contribution in [2.45, 2.75) is 13.0 Å². The molecule has 7 nitrogen and oxygen atoms in total. The van der Waals surface area contributed by atoms with Crippen LogP contribution in [0.25, 0.3) is 0 Å². The Morgan fingerprint density at radius 2 is 1.34 bits per heavy atom. The molecule has 0 aliphatic rings. The number of carbonyl (C=O) groups excluding carboxylic acids is 2. The van der Waals surface area contributed by atoms with Crippen LogP contribution in [0.5, 0.6) is 11.5 Å². The van der Waals surface area contributed by atoms with E-state index in [2.05, 4.69) is 16.0 Å². The monoisotopic (exact) mass is 509 g/mol. The van der Waals surface area contributed by atoms with Gasteiger partial charge in [-0.05, 0) is 55.0 Å². The van der Waals surface area contributed by atoms with Gasteiger partial charge in [0.2, 0.25) is 5.91 Å². The van der Waals surface area contributed by atoms with Gasteiger partial charge in [0.25, 0.3) is 5.91 Å². The number of hydrogen-bond acceptors (Lipinski definition) is 5. The summed E-state index contributed by atoms with van der Waals surface area (Å²) in [6.45, 7) is 2.81. The number of amides is 2. The highest BCUT2D eigenvalue weighted by Crippen LogP contribution is 2.18. The van der Waals surface area contributed by atoms with Crippen molar-refractivity contribution in [1.82, 2.24) is 5.32 Å². The molecule has 1 atom stereocenters. The zero-order valence-electron chi connectivity index (χ0n) is 21.2. The van der Waals surface area contributed by atoms with Gasteiger partial charge in [-0.2, -0.15) is 0 Å². The van der Waals surface area contributed by atoms with Gasteiger partial charge in [-0.15, -0.1) is 0 Å². The Morgan fingerprint density at radius 3 is 2.11 bits per heavy atom. The van der Waals surface area contributed by atoms with E-state index in [1.165, 1.54) is 0 Å². The Balaban J connectivity index is 1.23. The van der Waals surface area contributed by atoms with Crippen LogP contribution in [0.4, 0.5) is 11.4 Å². The highest BCUT2D eigenvalue weighted by Gasteiger charge is 2.12. The molecular formula is C31H31N3O4. The van der Waals surface area contributed by atoms with Gasteiger partial charge in [0.15, 0.2) is 0 Å². The number of nitrogens with one attached hydrogen (secondary N) is 3. The van der Waals surface area contributed by atoms with Crippen LogP contribution in [-0.2, 0) is 4.79 Å². The second-order valence-corrected chi connectivity index (χ2v) is 8.63. The van der Waals surface area contributed by atoms with Crippen LogP contribution in [0.3, 0.4) is 0 Å². The van der Waals surface area contributed by atoms with E-state index in [4.69, 9.17) is 9.47 Å². The number of carbonyl (C=O) groups is 2. The molecule has 2 amide bonds. The second kappa shape index (κ2) is 13.5. The van der Waals surface area contributed by atoms with Crippen molar-refractivity contribution >= 4 is 23.2 Å². The standard InChI is InChI=1S/C31H31N3O4/c1-23(24-10-4-2-5-11-24)33-31(36)25-12-8-14-27(20-25)34-30(35)22-32-26-13-9-17-29(21-26)38-19-18-37-28-15-6-3-7-16-28/h2-17,20-21,23,32H,18-19,22H2,1H3,(H,33,36)(H,34,35). The maximum absolute atomic E-state index is 12.7. The molecular weight excluding hydrogens is 478 g/mol. The third-order valence-corrected chi connectivity index (χ3v) is 5.71. The van der Waals surface area contributed by atoms with E-state index in [-0.39, 0.29) is 24.4 Å². The molecule has 7 heteroatoms. The largest absolute Gasteiger partial charge is 0.490 e. The predicted molar refractivity (Wildman–Crippen MR) is 150 cm³/mol. The number of anilines is 2. The van der Waals surface area contributed by atoms with Crippen LogP contribution < -0.4 is 25.4 Å². The summed E-state index contributed by atoms with van der Waals surface area (Å²) in [5.41, 5.74) is 2.79. The lowest BCUT2D eigenvalue weighted by molar-refractivity contribution is -0.114. The first-order chi connectivity index (χ1) is 18.6. The van der Waals surface area contributed by atoms with Crippen molar-refractivity contribution in [2.75, 3.05) is 30.4 Å². The molecule has 3 N–H and O–H groups in total. The molecule has 0 heterocycles. The van der Waals surface area contributed by atoms with Gasteiger partial charge in [-0.3, -0.25) is 9.59 Å². The summed E-state index contributed by atoms with van der Waals surface area (Å²) in [6, 6.07) is 33.5. The van der Waals surface area contributed by atoms with Gasteiger partial charge in [0.1, 0.15) is 24.7 Å². The number of ether oxygens (including phenoxy) is 2. The summed E-state index contributed by atoms with van der Waals surface area (Å²) in [6.07, 6.45) is 0. The molecule has 0 radical (unpaired) electrons. The van der Waals surface area contributed by atoms with E-state index in [0.717, 1.165) is 17.0 Å². The number of para-hydroxylation sites is 1. The van der Waals surface area contributed by atoms with Crippen molar-refractivity contribution in [2.24, 2.45) is 0 Å². The Labute approximate surface area is 222 Å². The summed E-state index contributed by atoms with van der Waals surface area (Å²) in [5, 5.41) is 8.92. The van der Waals surface area contributed by atoms with Gasteiger partial charge in [-0.1, -0.05) is 60.7 Å². The topological polar surface area (TPSA) is 88.7 Å². The lowest BCUT2D eigenvalue weighted by atomic mass is 10.1.